The average molecular weight is 528 g/mol. The van der Waals surface area contributed by atoms with Crippen LogP contribution < -0.4 is 5.32 Å². The van der Waals surface area contributed by atoms with Gasteiger partial charge in [-0.2, -0.15) is 0 Å². The Morgan fingerprint density at radius 3 is 1.80 bits per heavy atom. The van der Waals surface area contributed by atoms with E-state index in [2.05, 4.69) is 151 Å². The van der Waals surface area contributed by atoms with E-state index in [1.165, 1.54) is 64.0 Å². The number of nitrogens with one attached hydrogen (secondary N) is 1. The molecule has 0 fully saturated rings. The van der Waals surface area contributed by atoms with Gasteiger partial charge in [0.05, 0.1) is 10.4 Å². The maximum Gasteiger partial charge on any atom is 0.0590 e. The summed E-state index contributed by atoms with van der Waals surface area (Å²) < 4.78 is 2.61. The van der Waals surface area contributed by atoms with Crippen LogP contribution in [0.2, 0.25) is 0 Å². The van der Waals surface area contributed by atoms with Crippen molar-refractivity contribution in [3.63, 3.8) is 0 Å². The van der Waals surface area contributed by atoms with Crippen LogP contribution in [0.15, 0.2) is 146 Å². The highest BCUT2D eigenvalue weighted by molar-refractivity contribution is 7.26. The van der Waals surface area contributed by atoms with Crippen LogP contribution in [0.1, 0.15) is 0 Å². The third-order valence-corrected chi connectivity index (χ3v) is 9.05. The summed E-state index contributed by atoms with van der Waals surface area (Å²) in [7, 11) is 0. The molecule has 8 aromatic rings. The molecular weight excluding hydrogens is 502 g/mol. The van der Waals surface area contributed by atoms with Crippen LogP contribution in [0.5, 0.6) is 0 Å². The van der Waals surface area contributed by atoms with Gasteiger partial charge in [0.15, 0.2) is 0 Å². The van der Waals surface area contributed by atoms with Gasteiger partial charge >= 0.3 is 0 Å². The Morgan fingerprint density at radius 2 is 1.02 bits per heavy atom. The molecule has 1 heterocycles. The molecule has 8 rings (SSSR count). The molecule has 0 amide bonds. The fourth-order valence-electron chi connectivity index (χ4n) is 5.81. The second kappa shape index (κ2) is 9.37. The summed E-state index contributed by atoms with van der Waals surface area (Å²) in [6.45, 7) is 0. The minimum absolute atomic E-state index is 1.08. The molecule has 0 atom stereocenters. The zero-order valence-electron chi connectivity index (χ0n) is 21.8. The first-order valence-corrected chi connectivity index (χ1v) is 14.4. The molecule has 0 spiro atoms. The number of benzene rings is 7. The lowest BCUT2D eigenvalue weighted by Crippen LogP contribution is -1.91. The Labute approximate surface area is 237 Å². The number of fused-ring (bicyclic) bond motifs is 5. The first-order valence-electron chi connectivity index (χ1n) is 13.6. The molecule has 0 unspecified atom stereocenters. The molecule has 0 aliphatic heterocycles. The van der Waals surface area contributed by atoms with E-state index in [0.717, 1.165) is 11.4 Å². The predicted molar refractivity (Wildman–Crippen MR) is 175 cm³/mol. The maximum absolute atomic E-state index is 3.69. The Balaban J connectivity index is 1.21. The number of anilines is 2. The van der Waals surface area contributed by atoms with Gasteiger partial charge in [0.2, 0.25) is 0 Å². The molecule has 0 aliphatic rings. The Morgan fingerprint density at radius 1 is 0.425 bits per heavy atom. The summed E-state index contributed by atoms with van der Waals surface area (Å²) in [5.41, 5.74) is 7.17. The van der Waals surface area contributed by atoms with E-state index in [4.69, 9.17) is 0 Å². The van der Waals surface area contributed by atoms with E-state index in [1.807, 2.05) is 11.3 Å². The Kier molecular flexibility index (Phi) is 5.39. The van der Waals surface area contributed by atoms with Crippen LogP contribution in [0.25, 0.3) is 64.0 Å². The quantitative estimate of drug-likeness (QED) is 0.240. The summed E-state index contributed by atoms with van der Waals surface area (Å²) in [5.74, 6) is 0. The smallest absolute Gasteiger partial charge is 0.0590 e. The van der Waals surface area contributed by atoms with E-state index in [-0.39, 0.29) is 0 Å². The van der Waals surface area contributed by atoms with Gasteiger partial charge in [-0.15, -0.1) is 11.3 Å². The highest BCUT2D eigenvalue weighted by Crippen LogP contribution is 2.40. The molecular formula is C38H25NS. The fraction of sp³-hybridized carbons (Fsp3) is 0. The monoisotopic (exact) mass is 527 g/mol. The molecule has 0 saturated carbocycles. The van der Waals surface area contributed by atoms with Crippen molar-refractivity contribution in [2.24, 2.45) is 0 Å². The summed E-state index contributed by atoms with van der Waals surface area (Å²) in [6, 6.07) is 52.7. The zero-order valence-corrected chi connectivity index (χ0v) is 22.6. The van der Waals surface area contributed by atoms with Crippen molar-refractivity contribution < 1.29 is 0 Å². The third kappa shape index (κ3) is 3.93. The standard InChI is InChI=1S/C38H25NS/c1-2-9-27-22-30(17-16-25(27)8-1)35-24-29-11-4-3-10-28(29)23-34(35)26-18-20-31(21-19-26)39-36-14-7-13-33-32-12-5-6-15-37(32)40-38(33)36/h1-24,39H. The minimum atomic E-state index is 1.08. The van der Waals surface area contributed by atoms with Gasteiger partial charge in [0.1, 0.15) is 0 Å². The molecule has 1 aromatic heterocycles. The molecule has 0 bridgehead atoms. The molecule has 188 valence electrons. The van der Waals surface area contributed by atoms with Gasteiger partial charge < -0.3 is 5.32 Å². The molecule has 0 radical (unpaired) electrons. The summed E-state index contributed by atoms with van der Waals surface area (Å²) in [6.07, 6.45) is 0. The normalized spacial score (nSPS) is 11.5. The van der Waals surface area contributed by atoms with Crippen molar-refractivity contribution in [3.8, 4) is 22.3 Å². The van der Waals surface area contributed by atoms with Crippen LogP contribution in [0, 0.1) is 0 Å². The first-order chi connectivity index (χ1) is 19.8. The van der Waals surface area contributed by atoms with Gasteiger partial charge in [0, 0.05) is 21.2 Å². The topological polar surface area (TPSA) is 12.0 Å². The van der Waals surface area contributed by atoms with Crippen molar-refractivity contribution >= 4 is 64.4 Å². The van der Waals surface area contributed by atoms with E-state index < -0.39 is 0 Å². The van der Waals surface area contributed by atoms with Crippen LogP contribution in [0.4, 0.5) is 11.4 Å². The highest BCUT2D eigenvalue weighted by atomic mass is 32.1. The molecule has 2 heteroatoms. The molecule has 40 heavy (non-hydrogen) atoms. The van der Waals surface area contributed by atoms with Crippen molar-refractivity contribution in [1.82, 2.24) is 0 Å². The van der Waals surface area contributed by atoms with E-state index >= 15 is 0 Å². The lowest BCUT2D eigenvalue weighted by Gasteiger charge is -2.14. The largest absolute Gasteiger partial charge is 0.354 e. The van der Waals surface area contributed by atoms with Gasteiger partial charge in [-0.05, 0) is 86.3 Å². The van der Waals surface area contributed by atoms with Crippen molar-refractivity contribution in [2.45, 2.75) is 0 Å². The Hall–Kier alpha value is -4.92. The molecule has 0 aliphatic carbocycles. The number of hydrogen-bond acceptors (Lipinski definition) is 2. The van der Waals surface area contributed by atoms with E-state index in [1.54, 1.807) is 0 Å². The highest BCUT2D eigenvalue weighted by Gasteiger charge is 2.12. The first kappa shape index (κ1) is 23.0. The number of rotatable bonds is 4. The van der Waals surface area contributed by atoms with E-state index in [0.29, 0.717) is 0 Å². The maximum atomic E-state index is 3.69. The second-order valence-electron chi connectivity index (χ2n) is 10.3. The average Bonchev–Trinajstić information content (AvgIpc) is 3.40. The van der Waals surface area contributed by atoms with Crippen LogP contribution in [-0.2, 0) is 0 Å². The molecule has 1 nitrogen and oxygen atoms in total. The second-order valence-corrected chi connectivity index (χ2v) is 11.3. The van der Waals surface area contributed by atoms with Crippen LogP contribution >= 0.6 is 11.3 Å². The van der Waals surface area contributed by atoms with Crippen molar-refractivity contribution in [1.29, 1.82) is 0 Å². The van der Waals surface area contributed by atoms with E-state index in [9.17, 15) is 0 Å². The van der Waals surface area contributed by atoms with Gasteiger partial charge in [-0.3, -0.25) is 0 Å². The van der Waals surface area contributed by atoms with Crippen molar-refractivity contribution in [3.05, 3.63) is 146 Å². The number of thiophene rings is 1. The lowest BCUT2D eigenvalue weighted by atomic mass is 9.90. The van der Waals surface area contributed by atoms with Crippen LogP contribution in [0.3, 0.4) is 0 Å². The molecule has 1 N–H and O–H groups in total. The predicted octanol–water partition coefficient (Wildman–Crippen LogP) is 11.4. The van der Waals surface area contributed by atoms with Gasteiger partial charge in [-0.1, -0.05) is 103 Å². The SMILES string of the molecule is c1ccc2cc(-c3cc4ccccc4cc3-c3ccc(Nc4cccc5c4sc4ccccc45)cc3)ccc2c1. The summed E-state index contributed by atoms with van der Waals surface area (Å²) in [5, 5.41) is 11.3. The zero-order chi connectivity index (χ0) is 26.5. The minimum Gasteiger partial charge on any atom is -0.354 e. The summed E-state index contributed by atoms with van der Waals surface area (Å²) >= 11 is 1.85. The van der Waals surface area contributed by atoms with Gasteiger partial charge in [-0.25, -0.2) is 0 Å². The van der Waals surface area contributed by atoms with Crippen molar-refractivity contribution in [2.75, 3.05) is 5.32 Å². The summed E-state index contributed by atoms with van der Waals surface area (Å²) in [4.78, 5) is 0. The molecule has 0 saturated heterocycles. The van der Waals surface area contributed by atoms with Gasteiger partial charge in [0.25, 0.3) is 0 Å². The number of hydrogen-bond donors (Lipinski definition) is 1. The third-order valence-electron chi connectivity index (χ3n) is 7.83. The Bertz CT molecular complexity index is 2190. The van der Waals surface area contributed by atoms with Crippen LogP contribution in [-0.4, -0.2) is 0 Å². The fourth-order valence-corrected chi connectivity index (χ4v) is 6.98. The lowest BCUT2D eigenvalue weighted by molar-refractivity contribution is 1.57. The molecule has 7 aromatic carbocycles.